The lowest BCUT2D eigenvalue weighted by Gasteiger charge is -2.22. The maximum atomic E-state index is 9.06. The molecule has 0 heterocycles. The van der Waals surface area contributed by atoms with Gasteiger partial charge in [0.15, 0.2) is 6.29 Å². The van der Waals surface area contributed by atoms with Crippen LogP contribution in [0.25, 0.3) is 0 Å². The largest absolute Gasteiger partial charge is 0.353 e. The minimum Gasteiger partial charge on any atom is -0.353 e. The predicted octanol–water partition coefficient (Wildman–Crippen LogP) is 9.98. The number of hydrogen-bond acceptors (Lipinski definition) is 3. The van der Waals surface area contributed by atoms with E-state index in [0.717, 1.165) is 37.9 Å². The maximum Gasteiger partial charge on any atom is 0.158 e. The third-order valence-corrected chi connectivity index (χ3v) is 7.02. The minimum absolute atomic E-state index is 0.205. The topological polar surface area (TPSA) is 42.2 Å². The van der Waals surface area contributed by atoms with Gasteiger partial charge in [-0.05, 0) is 24.7 Å². The fourth-order valence-corrected chi connectivity index (χ4v) is 4.73. The number of hydrogen-bond donors (Lipinski definition) is 0. The number of ether oxygens (including phenoxy) is 2. The summed E-state index contributed by atoms with van der Waals surface area (Å²) in [4.78, 5) is 0. The molecule has 0 saturated heterocycles. The number of rotatable bonds is 26. The summed E-state index contributed by atoms with van der Waals surface area (Å²) >= 11 is 0. The molecule has 0 aliphatic carbocycles. The summed E-state index contributed by atoms with van der Waals surface area (Å²) in [5, 5.41) is 9.06. The smallest absolute Gasteiger partial charge is 0.158 e. The third-order valence-electron chi connectivity index (χ3n) is 7.02. The Balaban J connectivity index is 4.47. The molecule has 0 atom stereocenters. The van der Waals surface area contributed by atoms with Crippen molar-refractivity contribution in [3.8, 4) is 6.07 Å². The van der Waals surface area contributed by atoms with Crippen molar-refractivity contribution in [3.05, 3.63) is 0 Å². The molecule has 0 bridgehead atoms. The van der Waals surface area contributed by atoms with Gasteiger partial charge >= 0.3 is 0 Å². The summed E-state index contributed by atoms with van der Waals surface area (Å²) < 4.78 is 12.4. The Kier molecular flexibility index (Phi) is 25.6. The third kappa shape index (κ3) is 21.7. The molecule has 3 heteroatoms. The molecule has 0 spiro atoms. The van der Waals surface area contributed by atoms with E-state index in [9.17, 15) is 0 Å². The van der Waals surface area contributed by atoms with Crippen LogP contribution in [0.3, 0.4) is 0 Å². The van der Waals surface area contributed by atoms with Gasteiger partial charge in [-0.15, -0.1) is 0 Å². The Morgan fingerprint density at radius 1 is 0.515 bits per heavy atom. The lowest BCUT2D eigenvalue weighted by atomic mass is 9.92. The molecule has 0 fully saturated rings. The van der Waals surface area contributed by atoms with E-state index in [1.54, 1.807) is 0 Å². The second-order valence-electron chi connectivity index (χ2n) is 10.2. The van der Waals surface area contributed by atoms with Gasteiger partial charge in [0, 0.05) is 26.1 Å². The summed E-state index contributed by atoms with van der Waals surface area (Å²) in [6.45, 7) is 10.7. The predicted molar refractivity (Wildman–Crippen MR) is 143 cm³/mol. The maximum absolute atomic E-state index is 9.06. The monoisotopic (exact) mass is 465 g/mol. The fourth-order valence-electron chi connectivity index (χ4n) is 4.73. The molecular formula is C30H59NO2. The molecule has 0 radical (unpaired) electrons. The van der Waals surface area contributed by atoms with Crippen LogP contribution in [-0.2, 0) is 9.47 Å². The van der Waals surface area contributed by atoms with Crippen molar-refractivity contribution < 1.29 is 9.47 Å². The SMILES string of the molecule is CCCCCC(CCCCC)CCOC(CCC#N)OCCC(CCCCC)CCCCC. The number of nitriles is 1. The zero-order valence-corrected chi connectivity index (χ0v) is 23.1. The Morgan fingerprint density at radius 3 is 1.18 bits per heavy atom. The van der Waals surface area contributed by atoms with Crippen molar-refractivity contribution in [1.29, 1.82) is 5.26 Å². The van der Waals surface area contributed by atoms with Gasteiger partial charge in [-0.3, -0.25) is 0 Å². The van der Waals surface area contributed by atoms with Crippen molar-refractivity contribution in [3.63, 3.8) is 0 Å². The second-order valence-corrected chi connectivity index (χ2v) is 10.2. The molecule has 0 N–H and O–H groups in total. The van der Waals surface area contributed by atoms with Crippen molar-refractivity contribution in [2.75, 3.05) is 13.2 Å². The summed E-state index contributed by atoms with van der Waals surface area (Å²) in [5.74, 6) is 1.56. The Labute approximate surface area is 208 Å². The molecule has 0 rings (SSSR count). The van der Waals surface area contributed by atoms with Crippen molar-refractivity contribution in [1.82, 2.24) is 0 Å². The highest BCUT2D eigenvalue weighted by Gasteiger charge is 2.15. The Hall–Kier alpha value is -0.590. The molecule has 0 unspecified atom stereocenters. The van der Waals surface area contributed by atoms with E-state index in [-0.39, 0.29) is 6.29 Å². The van der Waals surface area contributed by atoms with Crippen LogP contribution < -0.4 is 0 Å². The highest BCUT2D eigenvalue weighted by molar-refractivity contribution is 4.70. The Bertz CT molecular complexity index is 370. The van der Waals surface area contributed by atoms with E-state index in [1.165, 1.54) is 103 Å². The standard InChI is InChI=1S/C30H59NO2/c1-5-9-13-18-28(19-14-10-6-2)23-26-32-30(22-17-25-31)33-27-24-29(20-15-11-7-3)21-16-12-8-4/h28-30H,5-24,26-27H2,1-4H3. The van der Waals surface area contributed by atoms with Crippen LogP contribution in [0, 0.1) is 23.2 Å². The van der Waals surface area contributed by atoms with Crippen LogP contribution >= 0.6 is 0 Å². The van der Waals surface area contributed by atoms with E-state index >= 15 is 0 Å². The van der Waals surface area contributed by atoms with Crippen LogP contribution in [0.5, 0.6) is 0 Å². The quantitative estimate of drug-likeness (QED) is 0.0942. The highest BCUT2D eigenvalue weighted by atomic mass is 16.7. The zero-order valence-electron chi connectivity index (χ0n) is 23.1. The van der Waals surface area contributed by atoms with Crippen LogP contribution in [0.1, 0.15) is 156 Å². The summed E-state index contributed by atoms with van der Waals surface area (Å²) in [6, 6.07) is 2.27. The molecule has 0 aromatic rings. The lowest BCUT2D eigenvalue weighted by molar-refractivity contribution is -0.149. The van der Waals surface area contributed by atoms with E-state index in [4.69, 9.17) is 14.7 Å². The van der Waals surface area contributed by atoms with Gasteiger partial charge < -0.3 is 9.47 Å². The van der Waals surface area contributed by atoms with E-state index in [0.29, 0.717) is 12.8 Å². The molecule has 0 aliphatic rings. The molecule has 0 saturated carbocycles. The average Bonchev–Trinajstić information content (AvgIpc) is 2.82. The average molecular weight is 466 g/mol. The first-order valence-electron chi connectivity index (χ1n) is 14.8. The first-order valence-corrected chi connectivity index (χ1v) is 14.8. The molecule has 0 aromatic heterocycles. The van der Waals surface area contributed by atoms with Gasteiger partial charge in [-0.2, -0.15) is 5.26 Å². The minimum atomic E-state index is -0.205. The first-order chi connectivity index (χ1) is 16.2. The van der Waals surface area contributed by atoms with Crippen molar-refractivity contribution in [2.24, 2.45) is 11.8 Å². The summed E-state index contributed by atoms with van der Waals surface area (Å²) in [6.07, 6.45) is 24.5. The molecule has 196 valence electrons. The number of unbranched alkanes of at least 4 members (excludes halogenated alkanes) is 8. The Morgan fingerprint density at radius 2 is 0.879 bits per heavy atom. The fraction of sp³-hybridized carbons (Fsp3) is 0.967. The van der Waals surface area contributed by atoms with E-state index < -0.39 is 0 Å². The first kappa shape index (κ1) is 32.4. The highest BCUT2D eigenvalue weighted by Crippen LogP contribution is 2.23. The van der Waals surface area contributed by atoms with Gasteiger partial charge in [0.2, 0.25) is 0 Å². The zero-order chi connectivity index (χ0) is 24.4. The molecule has 3 nitrogen and oxygen atoms in total. The van der Waals surface area contributed by atoms with Crippen LogP contribution in [-0.4, -0.2) is 19.5 Å². The van der Waals surface area contributed by atoms with Crippen LogP contribution in [0.4, 0.5) is 0 Å². The van der Waals surface area contributed by atoms with Gasteiger partial charge in [-0.25, -0.2) is 0 Å². The summed E-state index contributed by atoms with van der Waals surface area (Å²) in [7, 11) is 0. The lowest BCUT2D eigenvalue weighted by Crippen LogP contribution is -2.21. The second kappa shape index (κ2) is 26.0. The van der Waals surface area contributed by atoms with E-state index in [2.05, 4.69) is 33.8 Å². The molecule has 0 aliphatic heterocycles. The molecule has 0 aromatic carbocycles. The van der Waals surface area contributed by atoms with Crippen LogP contribution in [0.15, 0.2) is 0 Å². The molecular weight excluding hydrogens is 406 g/mol. The van der Waals surface area contributed by atoms with Crippen molar-refractivity contribution >= 4 is 0 Å². The van der Waals surface area contributed by atoms with Gasteiger partial charge in [0.05, 0.1) is 6.07 Å². The van der Waals surface area contributed by atoms with Gasteiger partial charge in [0.1, 0.15) is 0 Å². The summed E-state index contributed by atoms with van der Waals surface area (Å²) in [5.41, 5.74) is 0. The number of nitrogens with zero attached hydrogens (tertiary/aromatic N) is 1. The van der Waals surface area contributed by atoms with Crippen molar-refractivity contribution in [2.45, 2.75) is 162 Å². The molecule has 33 heavy (non-hydrogen) atoms. The normalized spacial score (nSPS) is 11.7. The van der Waals surface area contributed by atoms with Gasteiger partial charge in [-0.1, -0.05) is 130 Å². The molecule has 0 amide bonds. The van der Waals surface area contributed by atoms with Crippen LogP contribution in [0.2, 0.25) is 0 Å². The van der Waals surface area contributed by atoms with E-state index in [1.807, 2.05) is 0 Å². The van der Waals surface area contributed by atoms with Gasteiger partial charge in [0.25, 0.3) is 0 Å².